The van der Waals surface area contributed by atoms with Gasteiger partial charge in [-0.3, -0.25) is 9.59 Å². The van der Waals surface area contributed by atoms with Crippen molar-refractivity contribution >= 4 is 5.91 Å². The number of halogens is 1. The summed E-state index contributed by atoms with van der Waals surface area (Å²) in [5.41, 5.74) is 1.34. The van der Waals surface area contributed by atoms with E-state index < -0.39 is 0 Å². The van der Waals surface area contributed by atoms with Crippen LogP contribution in [0.1, 0.15) is 17.7 Å². The molecular weight excluding hydrogens is 387 g/mol. The number of hydrogen-bond donors (Lipinski definition) is 2. The number of carbonyl (C=O) groups excluding carboxylic acids is 1. The first-order chi connectivity index (χ1) is 14.5. The molecule has 30 heavy (non-hydrogen) atoms. The van der Waals surface area contributed by atoms with Gasteiger partial charge in [0.15, 0.2) is 5.82 Å². The molecule has 0 aliphatic carbocycles. The summed E-state index contributed by atoms with van der Waals surface area (Å²) in [6.07, 6.45) is 1.92. The van der Waals surface area contributed by atoms with Gasteiger partial charge in [-0.15, -0.1) is 16.8 Å². The summed E-state index contributed by atoms with van der Waals surface area (Å²) in [7, 11) is 0. The topological polar surface area (TPSA) is 97.0 Å². The molecule has 1 amide bonds. The Morgan fingerprint density at radius 2 is 1.87 bits per heavy atom. The quantitative estimate of drug-likeness (QED) is 0.531. The van der Waals surface area contributed by atoms with Crippen LogP contribution >= 0.6 is 0 Å². The third kappa shape index (κ3) is 5.84. The Hall–Kier alpha value is -3.81. The van der Waals surface area contributed by atoms with E-state index in [0.717, 1.165) is 5.56 Å². The SMILES string of the molecule is C=CCNC(=O)CCc1nnc(-c2ccc(OCc3ccc(F)cc3)cc2)[nH]c1=O. The van der Waals surface area contributed by atoms with Gasteiger partial charge in [0.05, 0.1) is 0 Å². The molecule has 0 fully saturated rings. The first-order valence-electron chi connectivity index (χ1n) is 9.36. The molecule has 0 spiro atoms. The third-order valence-corrected chi connectivity index (χ3v) is 4.24. The van der Waals surface area contributed by atoms with Gasteiger partial charge in [0.2, 0.25) is 5.91 Å². The molecule has 0 saturated carbocycles. The molecule has 0 saturated heterocycles. The Labute approximate surface area is 172 Å². The Bertz CT molecular complexity index is 1060. The van der Waals surface area contributed by atoms with Crippen LogP contribution < -0.4 is 15.6 Å². The van der Waals surface area contributed by atoms with Crippen LogP contribution in [0.3, 0.4) is 0 Å². The van der Waals surface area contributed by atoms with Crippen molar-refractivity contribution < 1.29 is 13.9 Å². The monoisotopic (exact) mass is 408 g/mol. The second kappa shape index (κ2) is 10.1. The van der Waals surface area contributed by atoms with Crippen molar-refractivity contribution in [2.45, 2.75) is 19.4 Å². The number of aromatic nitrogens is 3. The first kappa shape index (κ1) is 20.9. The second-order valence-corrected chi connectivity index (χ2v) is 6.48. The lowest BCUT2D eigenvalue weighted by atomic mass is 10.2. The number of aromatic amines is 1. The molecule has 0 bridgehead atoms. The first-order valence-corrected chi connectivity index (χ1v) is 9.36. The van der Waals surface area contributed by atoms with E-state index in [9.17, 15) is 14.0 Å². The van der Waals surface area contributed by atoms with Gasteiger partial charge in [0.1, 0.15) is 23.9 Å². The highest BCUT2D eigenvalue weighted by molar-refractivity contribution is 5.76. The van der Waals surface area contributed by atoms with E-state index in [1.54, 1.807) is 42.5 Å². The minimum Gasteiger partial charge on any atom is -0.489 e. The van der Waals surface area contributed by atoms with Gasteiger partial charge in [-0.2, -0.15) is 0 Å². The lowest BCUT2D eigenvalue weighted by Crippen LogP contribution is -2.25. The van der Waals surface area contributed by atoms with Crippen LogP contribution in [-0.2, 0) is 17.8 Å². The summed E-state index contributed by atoms with van der Waals surface area (Å²) in [6.45, 7) is 4.21. The molecule has 3 rings (SSSR count). The van der Waals surface area contributed by atoms with Gasteiger partial charge in [-0.05, 0) is 42.0 Å². The highest BCUT2D eigenvalue weighted by Gasteiger charge is 2.09. The summed E-state index contributed by atoms with van der Waals surface area (Å²) in [4.78, 5) is 26.5. The average Bonchev–Trinajstić information content (AvgIpc) is 2.77. The van der Waals surface area contributed by atoms with Gasteiger partial charge in [-0.25, -0.2) is 4.39 Å². The molecule has 2 N–H and O–H groups in total. The molecule has 0 aliphatic heterocycles. The van der Waals surface area contributed by atoms with Crippen LogP contribution in [0.4, 0.5) is 4.39 Å². The maximum Gasteiger partial charge on any atom is 0.273 e. The van der Waals surface area contributed by atoms with Crippen molar-refractivity contribution in [1.82, 2.24) is 20.5 Å². The number of H-pyrrole nitrogens is 1. The van der Waals surface area contributed by atoms with Gasteiger partial charge in [0, 0.05) is 24.9 Å². The van der Waals surface area contributed by atoms with Gasteiger partial charge < -0.3 is 15.0 Å². The fraction of sp³-hybridized carbons (Fsp3) is 0.182. The van der Waals surface area contributed by atoms with Crippen molar-refractivity contribution in [2.75, 3.05) is 6.54 Å². The number of nitrogens with zero attached hydrogens (tertiary/aromatic N) is 2. The lowest BCUT2D eigenvalue weighted by Gasteiger charge is -2.07. The number of rotatable bonds is 9. The number of ether oxygens (including phenoxy) is 1. The number of hydrogen-bond acceptors (Lipinski definition) is 5. The maximum atomic E-state index is 12.9. The zero-order chi connectivity index (χ0) is 21.3. The fourth-order valence-corrected chi connectivity index (χ4v) is 2.62. The number of benzene rings is 2. The van der Waals surface area contributed by atoms with Crippen LogP contribution in [0.2, 0.25) is 0 Å². The van der Waals surface area contributed by atoms with Crippen molar-refractivity contribution in [3.05, 3.63) is 88.6 Å². The van der Waals surface area contributed by atoms with Gasteiger partial charge >= 0.3 is 0 Å². The van der Waals surface area contributed by atoms with E-state index in [-0.39, 0.29) is 35.8 Å². The molecule has 0 radical (unpaired) electrons. The maximum absolute atomic E-state index is 12.9. The van der Waals surface area contributed by atoms with Crippen molar-refractivity contribution in [3.63, 3.8) is 0 Å². The van der Waals surface area contributed by atoms with E-state index in [1.165, 1.54) is 12.1 Å². The van der Waals surface area contributed by atoms with Crippen molar-refractivity contribution in [2.24, 2.45) is 0 Å². The van der Waals surface area contributed by atoms with Crippen LogP contribution in [0, 0.1) is 5.82 Å². The highest BCUT2D eigenvalue weighted by Crippen LogP contribution is 2.19. The second-order valence-electron chi connectivity index (χ2n) is 6.48. The molecule has 1 aromatic heterocycles. The van der Waals surface area contributed by atoms with Crippen molar-refractivity contribution in [1.29, 1.82) is 0 Å². The lowest BCUT2D eigenvalue weighted by molar-refractivity contribution is -0.120. The summed E-state index contributed by atoms with van der Waals surface area (Å²) in [6, 6.07) is 13.1. The normalized spacial score (nSPS) is 10.4. The minimum absolute atomic E-state index is 0.144. The summed E-state index contributed by atoms with van der Waals surface area (Å²) in [5.74, 6) is 0.474. The van der Waals surface area contributed by atoms with Crippen LogP contribution in [0.15, 0.2) is 66.0 Å². The fourth-order valence-electron chi connectivity index (χ4n) is 2.62. The predicted molar refractivity (Wildman–Crippen MR) is 110 cm³/mol. The molecule has 0 aliphatic rings. The Morgan fingerprint density at radius 3 is 2.53 bits per heavy atom. The molecule has 0 atom stereocenters. The summed E-state index contributed by atoms with van der Waals surface area (Å²) in [5, 5.41) is 10.6. The Kier molecular flexibility index (Phi) is 7.05. The zero-order valence-corrected chi connectivity index (χ0v) is 16.2. The Morgan fingerprint density at radius 1 is 1.13 bits per heavy atom. The Balaban J connectivity index is 1.59. The number of nitrogens with one attached hydrogen (secondary N) is 2. The molecule has 3 aromatic rings. The third-order valence-electron chi connectivity index (χ3n) is 4.24. The largest absolute Gasteiger partial charge is 0.489 e. The average molecular weight is 408 g/mol. The van der Waals surface area contributed by atoms with Crippen molar-refractivity contribution in [3.8, 4) is 17.1 Å². The van der Waals surface area contributed by atoms with Gasteiger partial charge in [0.25, 0.3) is 5.56 Å². The standard InChI is InChI=1S/C22H21FN4O3/c1-2-13-24-20(28)12-11-19-22(29)25-21(27-26-19)16-5-9-18(10-6-16)30-14-15-3-7-17(23)8-4-15/h2-10H,1,11-14H2,(H,24,28)(H,25,27,29). The molecule has 1 heterocycles. The van der Waals surface area contributed by atoms with Crippen LogP contribution in [0.25, 0.3) is 11.4 Å². The molecule has 0 unspecified atom stereocenters. The van der Waals surface area contributed by atoms with E-state index in [2.05, 4.69) is 27.1 Å². The molecule has 7 nitrogen and oxygen atoms in total. The van der Waals surface area contributed by atoms with E-state index in [4.69, 9.17) is 4.74 Å². The highest BCUT2D eigenvalue weighted by atomic mass is 19.1. The van der Waals surface area contributed by atoms with E-state index >= 15 is 0 Å². The molecular formula is C22H21FN4O3. The summed E-state index contributed by atoms with van der Waals surface area (Å²) < 4.78 is 18.6. The zero-order valence-electron chi connectivity index (χ0n) is 16.2. The van der Waals surface area contributed by atoms with Gasteiger partial charge in [-0.1, -0.05) is 18.2 Å². The number of carbonyl (C=O) groups is 1. The molecule has 2 aromatic carbocycles. The minimum atomic E-state index is -0.381. The van der Waals surface area contributed by atoms with Crippen LogP contribution in [-0.4, -0.2) is 27.6 Å². The van der Waals surface area contributed by atoms with E-state index in [0.29, 0.717) is 30.3 Å². The number of amides is 1. The summed E-state index contributed by atoms with van der Waals surface area (Å²) >= 11 is 0. The predicted octanol–water partition coefficient (Wildman–Crippen LogP) is 2.78. The molecule has 8 heteroatoms. The van der Waals surface area contributed by atoms with E-state index in [1.807, 2.05) is 0 Å². The van der Waals surface area contributed by atoms with Crippen LogP contribution in [0.5, 0.6) is 5.75 Å². The molecule has 154 valence electrons. The smallest absolute Gasteiger partial charge is 0.273 e. The number of aryl methyl sites for hydroxylation is 1.